The first-order valence-corrected chi connectivity index (χ1v) is 6.17. The zero-order chi connectivity index (χ0) is 11.9. The first kappa shape index (κ1) is 12.0. The van der Waals surface area contributed by atoms with Crippen LogP contribution in [0, 0.1) is 0 Å². The summed E-state index contributed by atoms with van der Waals surface area (Å²) in [5.74, 6) is 0.0767. The fourth-order valence-electron chi connectivity index (χ4n) is 1.99. The van der Waals surface area contributed by atoms with E-state index in [1.165, 1.54) is 19.2 Å². The third kappa shape index (κ3) is 4.14. The predicted molar refractivity (Wildman–Crippen MR) is 63.3 cm³/mol. The fraction of sp³-hybridized carbons (Fsp3) is 0.727. The second kappa shape index (κ2) is 6.34. The van der Waals surface area contributed by atoms with Crippen molar-refractivity contribution in [3.63, 3.8) is 0 Å². The van der Waals surface area contributed by atoms with Crippen LogP contribution in [0.5, 0.6) is 0 Å². The summed E-state index contributed by atoms with van der Waals surface area (Å²) in [7, 11) is 0. The van der Waals surface area contributed by atoms with Crippen LogP contribution in [0.25, 0.3) is 0 Å². The molecule has 94 valence electrons. The Balaban J connectivity index is 1.60. The highest BCUT2D eigenvalue weighted by atomic mass is 16.1. The van der Waals surface area contributed by atoms with Gasteiger partial charge in [0.05, 0.1) is 6.54 Å². The molecule has 2 N–H and O–H groups in total. The Bertz CT molecular complexity index is 332. The molecular weight excluding hydrogens is 218 g/mol. The smallest absolute Gasteiger partial charge is 0.221 e. The van der Waals surface area contributed by atoms with Crippen molar-refractivity contribution >= 4 is 5.91 Å². The number of hydrogen-bond donors (Lipinski definition) is 2. The molecule has 17 heavy (non-hydrogen) atoms. The van der Waals surface area contributed by atoms with Crippen LogP contribution in [0.4, 0.5) is 0 Å². The van der Waals surface area contributed by atoms with Crippen LogP contribution in [0.1, 0.15) is 25.7 Å². The molecule has 6 nitrogen and oxygen atoms in total. The minimum absolute atomic E-state index is 0.0767. The monoisotopic (exact) mass is 237 g/mol. The summed E-state index contributed by atoms with van der Waals surface area (Å²) in [4.78, 5) is 15.4. The van der Waals surface area contributed by atoms with Gasteiger partial charge in [-0.25, -0.2) is 4.98 Å². The minimum atomic E-state index is 0.0767. The van der Waals surface area contributed by atoms with E-state index >= 15 is 0 Å². The molecule has 1 aromatic heterocycles. The van der Waals surface area contributed by atoms with Crippen molar-refractivity contribution in [2.24, 2.45) is 0 Å². The Morgan fingerprint density at radius 3 is 3.18 bits per heavy atom. The van der Waals surface area contributed by atoms with Crippen molar-refractivity contribution in [3.8, 4) is 0 Å². The van der Waals surface area contributed by atoms with Crippen LogP contribution >= 0.6 is 0 Å². The lowest BCUT2D eigenvalue weighted by molar-refractivity contribution is -0.121. The summed E-state index contributed by atoms with van der Waals surface area (Å²) in [5, 5.41) is 10.3. The number of aryl methyl sites for hydroxylation is 1. The molecule has 1 unspecified atom stereocenters. The second-order valence-corrected chi connectivity index (χ2v) is 4.36. The molecule has 6 heteroatoms. The SMILES string of the molecule is O=C(CCn1cncn1)NCC1CCCCN1. The van der Waals surface area contributed by atoms with Gasteiger partial charge in [-0.2, -0.15) is 5.10 Å². The summed E-state index contributed by atoms with van der Waals surface area (Å²) in [6.45, 7) is 2.39. The molecule has 1 saturated heterocycles. The number of aromatic nitrogens is 3. The summed E-state index contributed by atoms with van der Waals surface area (Å²) in [5.41, 5.74) is 0. The molecule has 0 spiro atoms. The maximum atomic E-state index is 11.6. The maximum absolute atomic E-state index is 11.6. The van der Waals surface area contributed by atoms with Gasteiger partial charge in [0.1, 0.15) is 12.7 Å². The lowest BCUT2D eigenvalue weighted by Gasteiger charge is -2.23. The largest absolute Gasteiger partial charge is 0.354 e. The Labute approximate surface area is 101 Å². The molecule has 0 radical (unpaired) electrons. The third-order valence-electron chi connectivity index (χ3n) is 2.99. The van der Waals surface area contributed by atoms with E-state index in [9.17, 15) is 4.79 Å². The molecule has 0 aliphatic carbocycles. The number of rotatable bonds is 5. The number of amides is 1. The van der Waals surface area contributed by atoms with Gasteiger partial charge in [0.2, 0.25) is 5.91 Å². The van der Waals surface area contributed by atoms with Crippen LogP contribution < -0.4 is 10.6 Å². The molecule has 0 aromatic carbocycles. The summed E-state index contributed by atoms with van der Waals surface area (Å²) >= 11 is 0. The van der Waals surface area contributed by atoms with Gasteiger partial charge in [0, 0.05) is 19.0 Å². The van der Waals surface area contributed by atoms with Crippen LogP contribution in [0.3, 0.4) is 0 Å². The Kier molecular flexibility index (Phi) is 4.49. The van der Waals surface area contributed by atoms with Crippen molar-refractivity contribution < 1.29 is 4.79 Å². The Hall–Kier alpha value is -1.43. The number of carbonyl (C=O) groups excluding carboxylic acids is 1. The van der Waals surface area contributed by atoms with Gasteiger partial charge in [-0.3, -0.25) is 9.48 Å². The van der Waals surface area contributed by atoms with Crippen LogP contribution in [-0.2, 0) is 11.3 Å². The molecule has 1 atom stereocenters. The van der Waals surface area contributed by atoms with E-state index in [2.05, 4.69) is 20.7 Å². The van der Waals surface area contributed by atoms with Crippen molar-refractivity contribution in [3.05, 3.63) is 12.7 Å². The molecule has 2 heterocycles. The molecular formula is C11H19N5O. The molecule has 0 bridgehead atoms. The topological polar surface area (TPSA) is 71.8 Å². The van der Waals surface area contributed by atoms with E-state index in [0.717, 1.165) is 19.5 Å². The van der Waals surface area contributed by atoms with Crippen LogP contribution in [0.2, 0.25) is 0 Å². The average Bonchev–Trinajstić information content (AvgIpc) is 2.88. The minimum Gasteiger partial charge on any atom is -0.354 e. The second-order valence-electron chi connectivity index (χ2n) is 4.36. The highest BCUT2D eigenvalue weighted by Crippen LogP contribution is 2.05. The quantitative estimate of drug-likeness (QED) is 0.752. The standard InChI is InChI=1S/C11H19N5O/c17-11(4-6-16-9-12-8-15-16)14-7-10-3-1-2-5-13-10/h8-10,13H,1-7H2,(H,14,17). The van der Waals surface area contributed by atoms with Crippen molar-refractivity contribution in [2.75, 3.05) is 13.1 Å². The summed E-state index contributed by atoms with van der Waals surface area (Å²) < 4.78 is 1.67. The normalized spacial score (nSPS) is 20.1. The number of carbonyl (C=O) groups is 1. The Morgan fingerprint density at radius 2 is 2.47 bits per heavy atom. The van der Waals surface area contributed by atoms with Gasteiger partial charge in [0.15, 0.2) is 0 Å². The number of nitrogens with zero attached hydrogens (tertiary/aromatic N) is 3. The lowest BCUT2D eigenvalue weighted by atomic mass is 10.1. The van der Waals surface area contributed by atoms with Gasteiger partial charge in [-0.15, -0.1) is 0 Å². The van der Waals surface area contributed by atoms with Crippen molar-refractivity contribution in [1.29, 1.82) is 0 Å². The molecule has 1 aromatic rings. The summed E-state index contributed by atoms with van der Waals surface area (Å²) in [6, 6.07) is 0.444. The number of piperidine rings is 1. The highest BCUT2D eigenvalue weighted by molar-refractivity contribution is 5.75. The zero-order valence-electron chi connectivity index (χ0n) is 9.93. The van der Waals surface area contributed by atoms with E-state index in [4.69, 9.17) is 0 Å². The van der Waals surface area contributed by atoms with Gasteiger partial charge in [-0.1, -0.05) is 6.42 Å². The van der Waals surface area contributed by atoms with E-state index in [1.807, 2.05) is 0 Å². The van der Waals surface area contributed by atoms with Crippen molar-refractivity contribution in [1.82, 2.24) is 25.4 Å². The van der Waals surface area contributed by atoms with E-state index < -0.39 is 0 Å². The number of nitrogens with one attached hydrogen (secondary N) is 2. The van der Waals surface area contributed by atoms with Gasteiger partial charge >= 0.3 is 0 Å². The van der Waals surface area contributed by atoms with E-state index in [1.54, 1.807) is 11.0 Å². The number of hydrogen-bond acceptors (Lipinski definition) is 4. The van der Waals surface area contributed by atoms with Crippen molar-refractivity contribution in [2.45, 2.75) is 38.3 Å². The molecule has 1 fully saturated rings. The predicted octanol–water partition coefficient (Wildman–Crippen LogP) is -0.0735. The highest BCUT2D eigenvalue weighted by Gasteiger charge is 2.13. The van der Waals surface area contributed by atoms with Crippen LogP contribution in [-0.4, -0.2) is 39.8 Å². The van der Waals surface area contributed by atoms with Gasteiger partial charge in [-0.05, 0) is 19.4 Å². The third-order valence-corrected chi connectivity index (χ3v) is 2.99. The molecule has 1 aliphatic heterocycles. The van der Waals surface area contributed by atoms with E-state index in [-0.39, 0.29) is 5.91 Å². The lowest BCUT2D eigenvalue weighted by Crippen LogP contribution is -2.43. The first-order chi connectivity index (χ1) is 8.34. The van der Waals surface area contributed by atoms with E-state index in [0.29, 0.717) is 19.0 Å². The summed E-state index contributed by atoms with van der Waals surface area (Å²) in [6.07, 6.45) is 7.21. The average molecular weight is 237 g/mol. The molecule has 2 rings (SSSR count). The molecule has 1 aliphatic rings. The van der Waals surface area contributed by atoms with Gasteiger partial charge in [0.25, 0.3) is 0 Å². The zero-order valence-corrected chi connectivity index (χ0v) is 9.93. The Morgan fingerprint density at radius 1 is 1.53 bits per heavy atom. The molecule has 0 saturated carbocycles. The fourth-order valence-corrected chi connectivity index (χ4v) is 1.99. The molecule has 1 amide bonds. The first-order valence-electron chi connectivity index (χ1n) is 6.17. The maximum Gasteiger partial charge on any atom is 0.221 e. The van der Waals surface area contributed by atoms with Gasteiger partial charge < -0.3 is 10.6 Å². The van der Waals surface area contributed by atoms with Crippen LogP contribution in [0.15, 0.2) is 12.7 Å².